The highest BCUT2D eigenvalue weighted by molar-refractivity contribution is 4.50. The van der Waals surface area contributed by atoms with Crippen molar-refractivity contribution < 1.29 is 8.97 Å². The van der Waals surface area contributed by atoms with Crippen molar-refractivity contribution in [2.45, 2.75) is 92.9 Å². The zero-order valence-electron chi connectivity index (χ0n) is 18.2. The fourth-order valence-electron chi connectivity index (χ4n) is 5.08. The van der Waals surface area contributed by atoms with Crippen LogP contribution < -0.4 is 0 Å². The van der Waals surface area contributed by atoms with E-state index in [0.717, 1.165) is 0 Å². The Morgan fingerprint density at radius 1 is 0.333 bits per heavy atom. The number of hydrogen-bond acceptors (Lipinski definition) is 0. The van der Waals surface area contributed by atoms with E-state index in [4.69, 9.17) is 0 Å². The first-order valence-electron chi connectivity index (χ1n) is 11.3. The Balaban J connectivity index is 4.64. The van der Waals surface area contributed by atoms with Crippen LogP contribution in [0.2, 0.25) is 0 Å². The van der Waals surface area contributed by atoms with Gasteiger partial charge in [0.2, 0.25) is 0 Å². The fraction of sp³-hybridized carbons (Fsp3) is 1.00. The lowest BCUT2D eigenvalue weighted by atomic mass is 10.1. The van der Waals surface area contributed by atoms with Crippen molar-refractivity contribution >= 4 is 0 Å². The Labute approximate surface area is 154 Å². The van der Waals surface area contributed by atoms with Crippen LogP contribution in [0.15, 0.2) is 0 Å². The SMILES string of the molecule is CCC[N+](CCC)(CCC)CCCC[N+](CCC)(CCC)CCC. The van der Waals surface area contributed by atoms with E-state index in [1.54, 1.807) is 0 Å². The molecule has 146 valence electrons. The second-order valence-corrected chi connectivity index (χ2v) is 8.18. The van der Waals surface area contributed by atoms with E-state index < -0.39 is 0 Å². The van der Waals surface area contributed by atoms with Gasteiger partial charge in [-0.15, -0.1) is 0 Å². The molecule has 24 heavy (non-hydrogen) atoms. The van der Waals surface area contributed by atoms with Crippen molar-refractivity contribution in [2.75, 3.05) is 52.4 Å². The van der Waals surface area contributed by atoms with E-state index in [-0.39, 0.29) is 0 Å². The summed E-state index contributed by atoms with van der Waals surface area (Å²) in [6, 6.07) is 0. The maximum Gasteiger partial charge on any atom is 0.0788 e. The highest BCUT2D eigenvalue weighted by Crippen LogP contribution is 2.17. The molecule has 2 nitrogen and oxygen atoms in total. The van der Waals surface area contributed by atoms with Gasteiger partial charge in [0.05, 0.1) is 52.4 Å². The van der Waals surface area contributed by atoms with Gasteiger partial charge in [0.15, 0.2) is 0 Å². The van der Waals surface area contributed by atoms with Gasteiger partial charge in [-0.1, -0.05) is 41.5 Å². The van der Waals surface area contributed by atoms with Gasteiger partial charge in [0.25, 0.3) is 0 Å². The Morgan fingerprint density at radius 3 is 0.708 bits per heavy atom. The van der Waals surface area contributed by atoms with Crippen molar-refractivity contribution in [3.8, 4) is 0 Å². The van der Waals surface area contributed by atoms with Crippen LogP contribution in [0, 0.1) is 0 Å². The third kappa shape index (κ3) is 8.85. The summed E-state index contributed by atoms with van der Waals surface area (Å²) in [5.74, 6) is 0. The molecule has 0 saturated carbocycles. The van der Waals surface area contributed by atoms with Gasteiger partial charge >= 0.3 is 0 Å². The largest absolute Gasteiger partial charge is 0.324 e. The molecule has 0 aliphatic rings. The lowest BCUT2D eigenvalue weighted by Crippen LogP contribution is -2.52. The van der Waals surface area contributed by atoms with Crippen LogP contribution in [0.4, 0.5) is 0 Å². The first kappa shape index (κ1) is 23.9. The summed E-state index contributed by atoms with van der Waals surface area (Å²) in [4.78, 5) is 0. The molecule has 0 bridgehead atoms. The summed E-state index contributed by atoms with van der Waals surface area (Å²) in [5, 5.41) is 0. The molecule has 0 aliphatic carbocycles. The van der Waals surface area contributed by atoms with E-state index in [1.807, 2.05) is 0 Å². The van der Waals surface area contributed by atoms with Crippen LogP contribution in [0.25, 0.3) is 0 Å². The maximum absolute atomic E-state index is 2.37. The molecule has 0 radical (unpaired) electrons. The first-order chi connectivity index (χ1) is 11.6. The van der Waals surface area contributed by atoms with Gasteiger partial charge in [-0.2, -0.15) is 0 Å². The molecule has 0 N–H and O–H groups in total. The number of unbranched alkanes of at least 4 members (excludes halogenated alkanes) is 1. The Bertz CT molecular complexity index is 213. The second-order valence-electron chi connectivity index (χ2n) is 8.18. The lowest BCUT2D eigenvalue weighted by Gasteiger charge is -2.40. The second kappa shape index (κ2) is 14.1. The predicted octanol–water partition coefficient (Wildman–Crippen LogP) is 5.86. The summed E-state index contributed by atoms with van der Waals surface area (Å²) in [7, 11) is 0. The van der Waals surface area contributed by atoms with Gasteiger partial charge in [-0.05, 0) is 38.5 Å². The van der Waals surface area contributed by atoms with Gasteiger partial charge in [-0.25, -0.2) is 0 Å². The molecule has 0 aromatic heterocycles. The van der Waals surface area contributed by atoms with Crippen molar-refractivity contribution in [2.24, 2.45) is 0 Å². The van der Waals surface area contributed by atoms with Crippen LogP contribution in [0.5, 0.6) is 0 Å². The molecule has 2 heteroatoms. The van der Waals surface area contributed by atoms with E-state index in [2.05, 4.69) is 41.5 Å². The van der Waals surface area contributed by atoms with Gasteiger partial charge < -0.3 is 8.97 Å². The quantitative estimate of drug-likeness (QED) is 0.229. The predicted molar refractivity (Wildman–Crippen MR) is 110 cm³/mol. The van der Waals surface area contributed by atoms with Crippen molar-refractivity contribution in [3.05, 3.63) is 0 Å². The average Bonchev–Trinajstić information content (AvgIpc) is 2.53. The zero-order chi connectivity index (χ0) is 18.3. The van der Waals surface area contributed by atoms with E-state index >= 15 is 0 Å². The van der Waals surface area contributed by atoms with Crippen molar-refractivity contribution in [3.63, 3.8) is 0 Å². The molecule has 0 amide bonds. The van der Waals surface area contributed by atoms with Gasteiger partial charge in [-0.3, -0.25) is 0 Å². The minimum absolute atomic E-state index is 1.33. The highest BCUT2D eigenvalue weighted by Gasteiger charge is 2.27. The Hall–Kier alpha value is -0.0800. The highest BCUT2D eigenvalue weighted by atomic mass is 15.4. The molecule has 0 rings (SSSR count). The topological polar surface area (TPSA) is 0 Å². The molecule has 0 saturated heterocycles. The van der Waals surface area contributed by atoms with Crippen LogP contribution in [0.3, 0.4) is 0 Å². The van der Waals surface area contributed by atoms with Crippen LogP contribution in [0.1, 0.15) is 92.9 Å². The molecule has 0 unspecified atom stereocenters. The minimum atomic E-state index is 1.33. The van der Waals surface area contributed by atoms with E-state index in [0.29, 0.717) is 0 Å². The third-order valence-corrected chi connectivity index (χ3v) is 5.70. The normalized spacial score (nSPS) is 12.8. The Kier molecular flexibility index (Phi) is 14.1. The van der Waals surface area contributed by atoms with Crippen LogP contribution in [-0.4, -0.2) is 61.3 Å². The molecule has 0 heterocycles. The summed E-state index contributed by atoms with van der Waals surface area (Å²) < 4.78 is 2.78. The summed E-state index contributed by atoms with van der Waals surface area (Å²) in [5.41, 5.74) is 0. The summed E-state index contributed by atoms with van der Waals surface area (Å²) in [6.07, 6.45) is 10.9. The van der Waals surface area contributed by atoms with Crippen molar-refractivity contribution in [1.82, 2.24) is 0 Å². The standard InChI is InChI=1S/C22H50N2/c1-7-15-23(16-8-2,17-9-3)21-13-14-22-24(18-10-4,19-11-5)20-12-6/h7-22H2,1-6H3/q+2. The number of quaternary nitrogens is 2. The van der Waals surface area contributed by atoms with Gasteiger partial charge in [0.1, 0.15) is 0 Å². The monoisotopic (exact) mass is 342 g/mol. The van der Waals surface area contributed by atoms with E-state index in [1.165, 1.54) is 113 Å². The van der Waals surface area contributed by atoms with Crippen LogP contribution in [-0.2, 0) is 0 Å². The summed E-state index contributed by atoms with van der Waals surface area (Å²) >= 11 is 0. The van der Waals surface area contributed by atoms with Crippen molar-refractivity contribution in [1.29, 1.82) is 0 Å². The molecule has 0 aromatic carbocycles. The smallest absolute Gasteiger partial charge is 0.0788 e. The lowest BCUT2D eigenvalue weighted by molar-refractivity contribution is -0.934. The first-order valence-corrected chi connectivity index (χ1v) is 11.3. The molecule has 0 aromatic rings. The third-order valence-electron chi connectivity index (χ3n) is 5.70. The fourth-order valence-corrected chi connectivity index (χ4v) is 5.08. The maximum atomic E-state index is 2.37. The molecule has 0 fully saturated rings. The summed E-state index contributed by atoms with van der Waals surface area (Å²) in [6.45, 7) is 25.4. The molecular formula is C22H50N2+2. The number of hydrogen-bond donors (Lipinski definition) is 0. The van der Waals surface area contributed by atoms with Gasteiger partial charge in [0, 0.05) is 12.8 Å². The molecule has 0 spiro atoms. The average molecular weight is 343 g/mol. The zero-order valence-corrected chi connectivity index (χ0v) is 18.2. The van der Waals surface area contributed by atoms with E-state index in [9.17, 15) is 0 Å². The number of rotatable bonds is 17. The molecular weight excluding hydrogens is 292 g/mol. The minimum Gasteiger partial charge on any atom is -0.324 e. The molecule has 0 aliphatic heterocycles. The molecule has 0 atom stereocenters. The number of nitrogens with zero attached hydrogens (tertiary/aromatic N) is 2. The Morgan fingerprint density at radius 2 is 0.542 bits per heavy atom. The van der Waals surface area contributed by atoms with Crippen LogP contribution >= 0.6 is 0 Å².